The molecule has 0 aliphatic rings. The molecule has 0 spiro atoms. The van der Waals surface area contributed by atoms with E-state index in [4.69, 9.17) is 10.7 Å². The van der Waals surface area contributed by atoms with Gasteiger partial charge in [-0.3, -0.25) is 0 Å². The third-order valence-corrected chi connectivity index (χ3v) is 2.09. The van der Waals surface area contributed by atoms with Crippen molar-refractivity contribution >= 4 is 19.7 Å². The molecule has 0 saturated heterocycles. The summed E-state index contributed by atoms with van der Waals surface area (Å²) in [5, 5.41) is 9.85. The molecule has 6 nitrogen and oxygen atoms in total. The van der Waals surface area contributed by atoms with E-state index in [-0.39, 0.29) is 0 Å². The molecule has 0 aromatic carbocycles. The highest BCUT2D eigenvalue weighted by molar-refractivity contribution is 8.13. The average Bonchev–Trinajstić information content (AvgIpc) is 2.35. The molecule has 0 atom stereocenters. The van der Waals surface area contributed by atoms with Gasteiger partial charge < -0.3 is 0 Å². The quantitative estimate of drug-likeness (QED) is 0.657. The molecule has 0 aliphatic carbocycles. The molecule has 68 valence electrons. The van der Waals surface area contributed by atoms with Crippen LogP contribution in [0.25, 0.3) is 0 Å². The summed E-state index contributed by atoms with van der Waals surface area (Å²) in [5.41, 5.74) is 0. The lowest BCUT2D eigenvalue weighted by molar-refractivity contribution is 0.510. The third kappa shape index (κ3) is 2.15. The highest BCUT2D eigenvalue weighted by Crippen LogP contribution is 2.05. The summed E-state index contributed by atoms with van der Waals surface area (Å²) in [6, 6.07) is 0. The van der Waals surface area contributed by atoms with E-state index in [0.717, 1.165) is 6.42 Å². The lowest BCUT2D eigenvalue weighted by atomic mass is 10.5. The van der Waals surface area contributed by atoms with E-state index in [1.165, 1.54) is 4.80 Å². The van der Waals surface area contributed by atoms with Crippen molar-refractivity contribution < 1.29 is 8.42 Å². The van der Waals surface area contributed by atoms with E-state index >= 15 is 0 Å². The zero-order valence-corrected chi connectivity index (χ0v) is 7.88. The van der Waals surface area contributed by atoms with E-state index in [0.29, 0.717) is 6.54 Å². The van der Waals surface area contributed by atoms with Crippen LogP contribution < -0.4 is 0 Å². The summed E-state index contributed by atoms with van der Waals surface area (Å²) >= 11 is 0. The smallest absolute Gasteiger partial charge is 0.203 e. The summed E-state index contributed by atoms with van der Waals surface area (Å²) in [7, 11) is 1.13. The Hall–Kier alpha value is -0.690. The number of rotatable bonds is 3. The summed E-state index contributed by atoms with van der Waals surface area (Å²) in [6.45, 7) is 2.44. The van der Waals surface area contributed by atoms with Crippen LogP contribution >= 0.6 is 10.7 Å². The van der Waals surface area contributed by atoms with E-state index in [2.05, 4.69) is 15.4 Å². The molecule has 1 heterocycles. The molecule has 0 aliphatic heterocycles. The van der Waals surface area contributed by atoms with Gasteiger partial charge in [-0.2, -0.15) is 4.80 Å². The molecule has 0 amide bonds. The Labute approximate surface area is 73.9 Å². The zero-order valence-electron chi connectivity index (χ0n) is 6.31. The van der Waals surface area contributed by atoms with Crippen molar-refractivity contribution in [2.45, 2.75) is 25.0 Å². The molecule has 0 bridgehead atoms. The van der Waals surface area contributed by atoms with Crippen molar-refractivity contribution in [1.82, 2.24) is 20.2 Å². The number of tetrazole rings is 1. The van der Waals surface area contributed by atoms with Crippen molar-refractivity contribution in [2.24, 2.45) is 0 Å². The molecule has 1 aromatic heterocycles. The molecule has 0 unspecified atom stereocenters. The highest BCUT2D eigenvalue weighted by atomic mass is 35.7. The van der Waals surface area contributed by atoms with Crippen molar-refractivity contribution in [3.8, 4) is 0 Å². The number of aromatic nitrogens is 4. The van der Waals surface area contributed by atoms with Crippen molar-refractivity contribution in [1.29, 1.82) is 0 Å². The first-order chi connectivity index (χ1) is 5.54. The van der Waals surface area contributed by atoms with E-state index < -0.39 is 14.2 Å². The van der Waals surface area contributed by atoms with Crippen LogP contribution in [0.2, 0.25) is 0 Å². The van der Waals surface area contributed by atoms with E-state index in [1.54, 1.807) is 0 Å². The van der Waals surface area contributed by atoms with E-state index in [1.807, 2.05) is 6.92 Å². The van der Waals surface area contributed by atoms with Crippen LogP contribution in [-0.2, 0) is 15.6 Å². The Kier molecular flexibility index (Phi) is 2.63. The zero-order chi connectivity index (χ0) is 9.19. The maximum atomic E-state index is 10.6. The van der Waals surface area contributed by atoms with Gasteiger partial charge in [0.1, 0.15) is 0 Å². The standard InChI is InChI=1S/C4H7ClN4O2S/c1-2-3-9-7-4(6-8-9)12(5,10)11/h2-3H2,1H3. The Morgan fingerprint density at radius 1 is 1.58 bits per heavy atom. The van der Waals surface area contributed by atoms with Crippen LogP contribution in [0.3, 0.4) is 0 Å². The van der Waals surface area contributed by atoms with Gasteiger partial charge in [0.05, 0.1) is 6.54 Å². The first kappa shape index (κ1) is 9.40. The van der Waals surface area contributed by atoms with Gasteiger partial charge in [-0.1, -0.05) is 12.0 Å². The van der Waals surface area contributed by atoms with Gasteiger partial charge in [0, 0.05) is 10.7 Å². The molecule has 0 saturated carbocycles. The van der Waals surface area contributed by atoms with Crippen LogP contribution in [0, 0.1) is 0 Å². The van der Waals surface area contributed by atoms with Gasteiger partial charge in [0.15, 0.2) is 0 Å². The summed E-state index contributed by atoms with van der Waals surface area (Å²) < 4.78 is 21.3. The Morgan fingerprint density at radius 3 is 2.67 bits per heavy atom. The Morgan fingerprint density at radius 2 is 2.25 bits per heavy atom. The second-order valence-corrected chi connectivity index (χ2v) is 4.57. The van der Waals surface area contributed by atoms with Gasteiger partial charge in [0.25, 0.3) is 9.05 Å². The van der Waals surface area contributed by atoms with Gasteiger partial charge in [-0.05, 0) is 11.6 Å². The molecule has 0 radical (unpaired) electrons. The van der Waals surface area contributed by atoms with Gasteiger partial charge in [-0.15, -0.1) is 5.10 Å². The van der Waals surface area contributed by atoms with Crippen molar-refractivity contribution in [3.63, 3.8) is 0 Å². The minimum absolute atomic E-state index is 0.447. The number of halogens is 1. The number of aryl methyl sites for hydroxylation is 1. The fraction of sp³-hybridized carbons (Fsp3) is 0.750. The van der Waals surface area contributed by atoms with Gasteiger partial charge >= 0.3 is 5.16 Å². The van der Waals surface area contributed by atoms with Gasteiger partial charge in [0.2, 0.25) is 0 Å². The predicted molar refractivity (Wildman–Crippen MR) is 41.1 cm³/mol. The maximum absolute atomic E-state index is 10.6. The lowest BCUT2D eigenvalue weighted by Crippen LogP contribution is -2.02. The second-order valence-electron chi connectivity index (χ2n) is 2.11. The van der Waals surface area contributed by atoms with Crippen LogP contribution in [0.1, 0.15) is 13.3 Å². The largest absolute Gasteiger partial charge is 0.303 e. The fourth-order valence-electron chi connectivity index (χ4n) is 0.621. The summed E-state index contributed by atoms with van der Waals surface area (Å²) in [5.74, 6) is 0. The van der Waals surface area contributed by atoms with Crippen LogP contribution in [0.5, 0.6) is 0 Å². The minimum atomic E-state index is -3.83. The monoisotopic (exact) mass is 210 g/mol. The number of hydrogen-bond acceptors (Lipinski definition) is 5. The highest BCUT2D eigenvalue weighted by Gasteiger charge is 2.16. The minimum Gasteiger partial charge on any atom is -0.203 e. The topological polar surface area (TPSA) is 77.7 Å². The molecule has 1 rings (SSSR count). The summed E-state index contributed by atoms with van der Waals surface area (Å²) in [4.78, 5) is 1.19. The van der Waals surface area contributed by atoms with Crippen LogP contribution in [-0.4, -0.2) is 28.6 Å². The van der Waals surface area contributed by atoms with Crippen molar-refractivity contribution in [2.75, 3.05) is 0 Å². The predicted octanol–water partition coefficient (Wildman–Crippen LogP) is 0.0106. The Bertz CT molecular complexity index is 359. The first-order valence-electron chi connectivity index (χ1n) is 3.26. The average molecular weight is 211 g/mol. The maximum Gasteiger partial charge on any atom is 0.303 e. The van der Waals surface area contributed by atoms with Crippen molar-refractivity contribution in [3.05, 3.63) is 0 Å². The number of hydrogen-bond donors (Lipinski definition) is 0. The van der Waals surface area contributed by atoms with Crippen LogP contribution in [0.15, 0.2) is 5.16 Å². The van der Waals surface area contributed by atoms with E-state index in [9.17, 15) is 8.42 Å². The third-order valence-electron chi connectivity index (χ3n) is 1.08. The molecular weight excluding hydrogens is 204 g/mol. The first-order valence-corrected chi connectivity index (χ1v) is 5.57. The molecular formula is C4H7ClN4O2S. The van der Waals surface area contributed by atoms with Gasteiger partial charge in [-0.25, -0.2) is 8.42 Å². The molecule has 12 heavy (non-hydrogen) atoms. The lowest BCUT2D eigenvalue weighted by Gasteiger charge is -1.89. The normalized spacial score (nSPS) is 11.8. The second kappa shape index (κ2) is 3.36. The molecule has 0 fully saturated rings. The van der Waals surface area contributed by atoms with Crippen LogP contribution in [0.4, 0.5) is 0 Å². The Balaban J connectivity index is 2.92. The fourth-order valence-corrected chi connectivity index (χ4v) is 1.13. The summed E-state index contributed by atoms with van der Waals surface area (Å²) in [6.07, 6.45) is 0.804. The molecule has 1 aromatic rings. The SMILES string of the molecule is CCCn1nnc(S(=O)(=O)Cl)n1. The number of nitrogens with zero attached hydrogens (tertiary/aromatic N) is 4. The molecule has 0 N–H and O–H groups in total. The molecule has 8 heteroatoms.